The summed E-state index contributed by atoms with van der Waals surface area (Å²) in [5.74, 6) is 0. The fourth-order valence-corrected chi connectivity index (χ4v) is 3.13. The monoisotopic (exact) mass is 274 g/mol. The minimum absolute atomic E-state index is 0.138. The molecule has 1 unspecified atom stereocenters. The summed E-state index contributed by atoms with van der Waals surface area (Å²) in [6.45, 7) is 3.56. The quantitative estimate of drug-likeness (QED) is 0.835. The molecular weight excluding hydrogens is 248 g/mol. The van der Waals surface area contributed by atoms with E-state index in [1.54, 1.807) is 0 Å². The molecule has 3 heteroatoms. The van der Waals surface area contributed by atoms with Gasteiger partial charge in [0.1, 0.15) is 0 Å². The smallest absolute Gasteiger partial charge is 0.0681 e. The molecule has 1 aliphatic carbocycles. The SMILES string of the molecule is OCc1ccc(CN(CC2CCCCN2)C2CC2)cc1. The van der Waals surface area contributed by atoms with Crippen LogP contribution in [0, 0.1) is 0 Å². The van der Waals surface area contributed by atoms with Gasteiger partial charge in [-0.25, -0.2) is 0 Å². The largest absolute Gasteiger partial charge is 0.392 e. The molecular formula is C17H26N2O. The van der Waals surface area contributed by atoms with Crippen LogP contribution in [-0.4, -0.2) is 35.2 Å². The molecule has 0 radical (unpaired) electrons. The van der Waals surface area contributed by atoms with Gasteiger partial charge in [-0.3, -0.25) is 4.90 Å². The number of benzene rings is 1. The molecule has 1 saturated heterocycles. The third-order valence-electron chi connectivity index (χ3n) is 4.52. The number of aliphatic hydroxyl groups excluding tert-OH is 1. The summed E-state index contributed by atoms with van der Waals surface area (Å²) in [4.78, 5) is 2.65. The predicted molar refractivity (Wildman–Crippen MR) is 81.4 cm³/mol. The molecule has 1 atom stereocenters. The summed E-state index contributed by atoms with van der Waals surface area (Å²) in [6, 6.07) is 9.89. The van der Waals surface area contributed by atoms with Gasteiger partial charge in [0.15, 0.2) is 0 Å². The van der Waals surface area contributed by atoms with Gasteiger partial charge < -0.3 is 10.4 Å². The first-order chi connectivity index (χ1) is 9.85. The van der Waals surface area contributed by atoms with E-state index in [-0.39, 0.29) is 6.61 Å². The van der Waals surface area contributed by atoms with Gasteiger partial charge in [-0.1, -0.05) is 30.7 Å². The highest BCUT2D eigenvalue weighted by atomic mass is 16.3. The minimum Gasteiger partial charge on any atom is -0.392 e. The Labute approximate surface area is 122 Å². The van der Waals surface area contributed by atoms with Gasteiger partial charge in [0.25, 0.3) is 0 Å². The van der Waals surface area contributed by atoms with Crippen molar-refractivity contribution in [2.45, 2.75) is 57.3 Å². The molecule has 2 fully saturated rings. The van der Waals surface area contributed by atoms with Crippen LogP contribution in [0.3, 0.4) is 0 Å². The molecule has 20 heavy (non-hydrogen) atoms. The molecule has 3 rings (SSSR count). The molecule has 1 heterocycles. The lowest BCUT2D eigenvalue weighted by Crippen LogP contribution is -2.44. The van der Waals surface area contributed by atoms with Gasteiger partial charge in [-0.15, -0.1) is 0 Å². The van der Waals surface area contributed by atoms with Gasteiger partial charge in [0.05, 0.1) is 6.61 Å². The van der Waals surface area contributed by atoms with Crippen LogP contribution in [-0.2, 0) is 13.2 Å². The third-order valence-corrected chi connectivity index (χ3v) is 4.52. The Bertz CT molecular complexity index is 408. The lowest BCUT2D eigenvalue weighted by Gasteiger charge is -2.30. The molecule has 0 spiro atoms. The molecule has 1 aromatic carbocycles. The number of piperidine rings is 1. The Balaban J connectivity index is 1.58. The second kappa shape index (κ2) is 6.70. The van der Waals surface area contributed by atoms with E-state index in [9.17, 15) is 0 Å². The normalized spacial score (nSPS) is 23.2. The predicted octanol–water partition coefficient (Wildman–Crippen LogP) is 2.29. The zero-order chi connectivity index (χ0) is 13.8. The van der Waals surface area contributed by atoms with Crippen molar-refractivity contribution in [1.29, 1.82) is 0 Å². The Kier molecular flexibility index (Phi) is 4.71. The summed E-state index contributed by atoms with van der Waals surface area (Å²) in [5.41, 5.74) is 2.37. The second-order valence-corrected chi connectivity index (χ2v) is 6.28. The van der Waals surface area contributed by atoms with E-state index in [4.69, 9.17) is 5.11 Å². The average molecular weight is 274 g/mol. The maximum absolute atomic E-state index is 9.11. The van der Waals surface area contributed by atoms with Crippen LogP contribution in [0.2, 0.25) is 0 Å². The van der Waals surface area contributed by atoms with Gasteiger partial charge in [-0.2, -0.15) is 0 Å². The van der Waals surface area contributed by atoms with Gasteiger partial charge in [0.2, 0.25) is 0 Å². The Morgan fingerprint density at radius 3 is 2.40 bits per heavy atom. The van der Waals surface area contributed by atoms with Crippen LogP contribution in [0.1, 0.15) is 43.2 Å². The van der Waals surface area contributed by atoms with Crippen LogP contribution < -0.4 is 5.32 Å². The van der Waals surface area contributed by atoms with E-state index >= 15 is 0 Å². The van der Waals surface area contributed by atoms with Crippen LogP contribution in [0.15, 0.2) is 24.3 Å². The summed E-state index contributed by atoms with van der Waals surface area (Å²) in [6.07, 6.45) is 6.76. The Hall–Kier alpha value is -0.900. The zero-order valence-corrected chi connectivity index (χ0v) is 12.2. The van der Waals surface area contributed by atoms with E-state index in [1.165, 1.54) is 50.8 Å². The Morgan fingerprint density at radius 2 is 1.80 bits per heavy atom. The fraction of sp³-hybridized carbons (Fsp3) is 0.647. The summed E-state index contributed by atoms with van der Waals surface area (Å²) >= 11 is 0. The van der Waals surface area contributed by atoms with Crippen molar-refractivity contribution in [3.05, 3.63) is 35.4 Å². The lowest BCUT2D eigenvalue weighted by molar-refractivity contribution is 0.208. The fourth-order valence-electron chi connectivity index (χ4n) is 3.13. The highest BCUT2D eigenvalue weighted by Gasteiger charge is 2.30. The lowest BCUT2D eigenvalue weighted by atomic mass is 10.0. The van der Waals surface area contributed by atoms with E-state index in [2.05, 4.69) is 22.3 Å². The maximum Gasteiger partial charge on any atom is 0.0681 e. The van der Waals surface area contributed by atoms with Crippen molar-refractivity contribution in [2.75, 3.05) is 13.1 Å². The van der Waals surface area contributed by atoms with Gasteiger partial charge >= 0.3 is 0 Å². The van der Waals surface area contributed by atoms with Gasteiger partial charge in [-0.05, 0) is 43.4 Å². The molecule has 0 amide bonds. The van der Waals surface area contributed by atoms with Gasteiger partial charge in [0, 0.05) is 25.2 Å². The number of nitrogens with zero attached hydrogens (tertiary/aromatic N) is 1. The number of nitrogens with one attached hydrogen (secondary N) is 1. The molecule has 0 aromatic heterocycles. The first-order valence-electron chi connectivity index (χ1n) is 8.01. The van der Waals surface area contributed by atoms with E-state index < -0.39 is 0 Å². The Morgan fingerprint density at radius 1 is 1.05 bits per heavy atom. The molecule has 2 N–H and O–H groups in total. The zero-order valence-electron chi connectivity index (χ0n) is 12.2. The van der Waals surface area contributed by atoms with Crippen LogP contribution in [0.4, 0.5) is 0 Å². The maximum atomic E-state index is 9.11. The second-order valence-electron chi connectivity index (χ2n) is 6.28. The van der Waals surface area contributed by atoms with Crippen molar-refractivity contribution in [3.8, 4) is 0 Å². The molecule has 0 bridgehead atoms. The van der Waals surface area contributed by atoms with E-state index in [1.807, 2.05) is 12.1 Å². The summed E-state index contributed by atoms with van der Waals surface area (Å²) in [7, 11) is 0. The third kappa shape index (κ3) is 3.81. The molecule has 3 nitrogen and oxygen atoms in total. The van der Waals surface area contributed by atoms with E-state index in [0.717, 1.165) is 18.2 Å². The van der Waals surface area contributed by atoms with Crippen molar-refractivity contribution in [1.82, 2.24) is 10.2 Å². The number of aliphatic hydroxyl groups is 1. The molecule has 1 aliphatic heterocycles. The topological polar surface area (TPSA) is 35.5 Å². The van der Waals surface area contributed by atoms with Crippen LogP contribution >= 0.6 is 0 Å². The number of hydrogen-bond donors (Lipinski definition) is 2. The standard InChI is InChI=1S/C17H26N2O/c20-13-15-6-4-14(5-7-15)11-19(17-8-9-17)12-16-3-1-2-10-18-16/h4-7,16-18,20H,1-3,8-13H2. The van der Waals surface area contributed by atoms with Crippen molar-refractivity contribution in [3.63, 3.8) is 0 Å². The van der Waals surface area contributed by atoms with Crippen molar-refractivity contribution < 1.29 is 5.11 Å². The first-order valence-corrected chi connectivity index (χ1v) is 8.01. The molecule has 110 valence electrons. The van der Waals surface area contributed by atoms with Crippen molar-refractivity contribution >= 4 is 0 Å². The number of hydrogen-bond acceptors (Lipinski definition) is 3. The molecule has 1 aromatic rings. The van der Waals surface area contributed by atoms with E-state index in [0.29, 0.717) is 6.04 Å². The first kappa shape index (κ1) is 14.1. The number of rotatable bonds is 6. The highest BCUT2D eigenvalue weighted by molar-refractivity contribution is 5.22. The summed E-state index contributed by atoms with van der Waals surface area (Å²) < 4.78 is 0. The summed E-state index contributed by atoms with van der Waals surface area (Å²) in [5, 5.41) is 12.8. The molecule has 2 aliphatic rings. The minimum atomic E-state index is 0.138. The highest BCUT2D eigenvalue weighted by Crippen LogP contribution is 2.29. The average Bonchev–Trinajstić information content (AvgIpc) is 3.33. The van der Waals surface area contributed by atoms with Crippen molar-refractivity contribution in [2.24, 2.45) is 0 Å². The molecule has 1 saturated carbocycles. The van der Waals surface area contributed by atoms with Crippen LogP contribution in [0.25, 0.3) is 0 Å². The van der Waals surface area contributed by atoms with Crippen LogP contribution in [0.5, 0.6) is 0 Å².